The Bertz CT molecular complexity index is 546. The number of hydrogen-bond acceptors (Lipinski definition) is 4. The van der Waals surface area contributed by atoms with Gasteiger partial charge in [0.25, 0.3) is 0 Å². The van der Waals surface area contributed by atoms with E-state index in [9.17, 15) is 0 Å². The van der Waals surface area contributed by atoms with E-state index in [-0.39, 0.29) is 11.6 Å². The predicted octanol–water partition coefficient (Wildman–Crippen LogP) is -0.338. The molecule has 0 unspecified atom stereocenters. The minimum absolute atomic E-state index is 0.109. The van der Waals surface area contributed by atoms with Gasteiger partial charge in [0, 0.05) is 5.22 Å². The Morgan fingerprint density at radius 3 is 3.00 bits per heavy atom. The van der Waals surface area contributed by atoms with Crippen molar-refractivity contribution in [2.24, 2.45) is 15.9 Å². The van der Waals surface area contributed by atoms with Gasteiger partial charge in [0.15, 0.2) is 5.76 Å². The average Bonchev–Trinajstić information content (AvgIpc) is 2.50. The molecule has 1 aromatic rings. The molecule has 0 spiro atoms. The SMILES string of the molecule is NC(=NO)C1=CN=c2ccccc2=CO1. The Balaban J connectivity index is 2.52. The Kier molecular flexibility index (Phi) is 2.37. The van der Waals surface area contributed by atoms with Gasteiger partial charge in [-0.1, -0.05) is 17.3 Å². The molecule has 3 N–H and O–H groups in total. The second-order valence-electron chi connectivity index (χ2n) is 2.90. The van der Waals surface area contributed by atoms with Crippen molar-refractivity contribution in [2.75, 3.05) is 0 Å². The van der Waals surface area contributed by atoms with Crippen molar-refractivity contribution in [3.8, 4) is 0 Å². The molecule has 0 bridgehead atoms. The minimum Gasteiger partial charge on any atom is -0.459 e. The average molecular weight is 203 g/mol. The number of amidine groups is 1. The normalized spacial score (nSPS) is 14.9. The van der Waals surface area contributed by atoms with Crippen molar-refractivity contribution in [1.82, 2.24) is 0 Å². The summed E-state index contributed by atoms with van der Waals surface area (Å²) in [6.45, 7) is 0. The first-order valence-electron chi connectivity index (χ1n) is 4.29. The summed E-state index contributed by atoms with van der Waals surface area (Å²) in [5.74, 6) is 0.108. The molecule has 1 aliphatic heterocycles. The molecule has 0 saturated heterocycles. The predicted molar refractivity (Wildman–Crippen MR) is 54.3 cm³/mol. The molecule has 0 fully saturated rings. The molecule has 0 saturated carbocycles. The van der Waals surface area contributed by atoms with E-state index in [2.05, 4.69) is 10.1 Å². The zero-order chi connectivity index (χ0) is 10.7. The fraction of sp³-hybridized carbons (Fsp3) is 0. The Hall–Kier alpha value is -2.30. The van der Waals surface area contributed by atoms with Gasteiger partial charge in [-0.25, -0.2) is 0 Å². The topological polar surface area (TPSA) is 80.2 Å². The van der Waals surface area contributed by atoms with Crippen molar-refractivity contribution in [1.29, 1.82) is 0 Å². The minimum atomic E-state index is -0.109. The molecule has 1 aliphatic rings. The summed E-state index contributed by atoms with van der Waals surface area (Å²) in [7, 11) is 0. The van der Waals surface area contributed by atoms with E-state index in [4.69, 9.17) is 15.7 Å². The molecule has 76 valence electrons. The number of rotatable bonds is 1. The number of fused-ring (bicyclic) bond motifs is 1. The molecule has 1 heterocycles. The summed E-state index contributed by atoms with van der Waals surface area (Å²) in [4.78, 5) is 4.15. The van der Waals surface area contributed by atoms with Gasteiger partial charge in [-0.3, -0.25) is 4.99 Å². The molecule has 0 aliphatic carbocycles. The molecule has 0 aromatic heterocycles. The summed E-state index contributed by atoms with van der Waals surface area (Å²) < 4.78 is 5.21. The lowest BCUT2D eigenvalue weighted by Gasteiger charge is -2.00. The second-order valence-corrected chi connectivity index (χ2v) is 2.90. The quantitative estimate of drug-likeness (QED) is 0.283. The molecule has 5 nitrogen and oxygen atoms in total. The standard InChI is InChI=1S/C10H9N3O2/c11-10(13-14)9-5-12-8-4-2-1-3-7(8)6-15-9/h1-6,14H,(H2,11,13). The first kappa shape index (κ1) is 9.26. The van der Waals surface area contributed by atoms with Gasteiger partial charge in [-0.2, -0.15) is 0 Å². The maximum Gasteiger partial charge on any atom is 0.207 e. The summed E-state index contributed by atoms with van der Waals surface area (Å²) in [6, 6.07) is 7.46. The van der Waals surface area contributed by atoms with E-state index in [1.54, 1.807) is 0 Å². The Morgan fingerprint density at radius 1 is 1.40 bits per heavy atom. The van der Waals surface area contributed by atoms with Crippen LogP contribution in [0.3, 0.4) is 0 Å². The van der Waals surface area contributed by atoms with Crippen molar-refractivity contribution < 1.29 is 9.94 Å². The smallest absolute Gasteiger partial charge is 0.207 e. The van der Waals surface area contributed by atoms with Gasteiger partial charge < -0.3 is 15.7 Å². The summed E-state index contributed by atoms with van der Waals surface area (Å²) in [6.07, 6.45) is 2.92. The fourth-order valence-electron chi connectivity index (χ4n) is 1.17. The molecular weight excluding hydrogens is 194 g/mol. The highest BCUT2D eigenvalue weighted by Gasteiger charge is 2.05. The zero-order valence-electron chi connectivity index (χ0n) is 7.79. The first-order chi connectivity index (χ1) is 7.31. The van der Waals surface area contributed by atoms with Crippen molar-refractivity contribution >= 4 is 12.1 Å². The van der Waals surface area contributed by atoms with E-state index in [0.29, 0.717) is 0 Å². The van der Waals surface area contributed by atoms with Crippen molar-refractivity contribution in [3.05, 3.63) is 46.8 Å². The highest BCUT2D eigenvalue weighted by molar-refractivity contribution is 5.94. The van der Waals surface area contributed by atoms with E-state index in [0.717, 1.165) is 10.6 Å². The van der Waals surface area contributed by atoms with Gasteiger partial charge in [0.2, 0.25) is 5.84 Å². The highest BCUT2D eigenvalue weighted by Crippen LogP contribution is 1.99. The molecular formula is C10H9N3O2. The molecule has 15 heavy (non-hydrogen) atoms. The van der Waals surface area contributed by atoms with Crippen LogP contribution in [0.15, 0.2) is 46.4 Å². The van der Waals surface area contributed by atoms with Gasteiger partial charge in [0.05, 0.1) is 11.6 Å². The van der Waals surface area contributed by atoms with Gasteiger partial charge in [-0.15, -0.1) is 0 Å². The molecule has 2 rings (SSSR count). The maximum absolute atomic E-state index is 8.48. The molecule has 1 aromatic carbocycles. The molecule has 5 heteroatoms. The largest absolute Gasteiger partial charge is 0.459 e. The van der Waals surface area contributed by atoms with Crippen LogP contribution in [-0.2, 0) is 4.74 Å². The van der Waals surface area contributed by atoms with Crippen LogP contribution in [0.5, 0.6) is 0 Å². The van der Waals surface area contributed by atoms with Crippen LogP contribution in [0.4, 0.5) is 0 Å². The number of oxime groups is 1. The third-order valence-electron chi connectivity index (χ3n) is 1.93. The van der Waals surface area contributed by atoms with Crippen LogP contribution in [-0.4, -0.2) is 11.0 Å². The zero-order valence-corrected chi connectivity index (χ0v) is 7.79. The Labute approximate surface area is 85.5 Å². The Morgan fingerprint density at radius 2 is 2.20 bits per heavy atom. The lowest BCUT2D eigenvalue weighted by atomic mass is 10.3. The maximum atomic E-state index is 8.48. The van der Waals surface area contributed by atoms with E-state index < -0.39 is 0 Å². The first-order valence-corrected chi connectivity index (χ1v) is 4.29. The van der Waals surface area contributed by atoms with Gasteiger partial charge in [0.1, 0.15) is 6.26 Å². The van der Waals surface area contributed by atoms with Crippen molar-refractivity contribution in [2.45, 2.75) is 0 Å². The van der Waals surface area contributed by atoms with Crippen LogP contribution in [0.1, 0.15) is 0 Å². The number of nitrogens with zero attached hydrogens (tertiary/aromatic N) is 2. The van der Waals surface area contributed by atoms with E-state index >= 15 is 0 Å². The van der Waals surface area contributed by atoms with Crippen LogP contribution in [0, 0.1) is 0 Å². The monoisotopic (exact) mass is 203 g/mol. The molecule has 0 radical (unpaired) electrons. The second kappa shape index (κ2) is 3.83. The summed E-state index contributed by atoms with van der Waals surface area (Å²) in [5, 5.41) is 12.9. The van der Waals surface area contributed by atoms with Gasteiger partial charge in [-0.05, 0) is 12.1 Å². The number of ether oxygens (including phenoxy) is 1. The summed E-state index contributed by atoms with van der Waals surface area (Å²) in [5.41, 5.74) is 5.38. The van der Waals surface area contributed by atoms with Crippen LogP contribution < -0.4 is 16.3 Å². The lowest BCUT2D eigenvalue weighted by Crippen LogP contribution is -2.23. The van der Waals surface area contributed by atoms with Crippen LogP contribution in [0.2, 0.25) is 0 Å². The number of benzene rings is 1. The summed E-state index contributed by atoms with van der Waals surface area (Å²) >= 11 is 0. The molecule has 0 atom stereocenters. The van der Waals surface area contributed by atoms with Crippen molar-refractivity contribution in [3.63, 3.8) is 0 Å². The van der Waals surface area contributed by atoms with Gasteiger partial charge >= 0.3 is 0 Å². The lowest BCUT2D eigenvalue weighted by molar-refractivity contribution is 0.314. The highest BCUT2D eigenvalue weighted by atomic mass is 16.5. The third kappa shape index (κ3) is 1.80. The fourth-order valence-corrected chi connectivity index (χ4v) is 1.17. The van der Waals surface area contributed by atoms with Crippen LogP contribution in [0.25, 0.3) is 6.26 Å². The number of nitrogens with two attached hydrogens (primary N) is 1. The number of hydrogen-bond donors (Lipinski definition) is 2. The van der Waals surface area contributed by atoms with Crippen LogP contribution >= 0.6 is 0 Å². The molecule has 0 amide bonds. The van der Waals surface area contributed by atoms with E-state index in [1.165, 1.54) is 12.5 Å². The number of para-hydroxylation sites is 1. The third-order valence-corrected chi connectivity index (χ3v) is 1.93. The van der Waals surface area contributed by atoms with E-state index in [1.807, 2.05) is 24.3 Å².